The Morgan fingerprint density at radius 1 is 0.844 bits per heavy atom. The molecule has 16 heteroatoms. The zero-order valence-electron chi connectivity index (χ0n) is 23.5. The monoisotopic (exact) mass is 647 g/mol. The van der Waals surface area contributed by atoms with Crippen LogP contribution >= 0.6 is 0 Å². The van der Waals surface area contributed by atoms with E-state index >= 15 is 0 Å². The van der Waals surface area contributed by atoms with Crippen LogP contribution in [-0.2, 0) is 35.4 Å². The maximum atomic E-state index is 13.6. The van der Waals surface area contributed by atoms with Crippen LogP contribution in [0.1, 0.15) is 36.2 Å². The van der Waals surface area contributed by atoms with Crippen molar-refractivity contribution in [1.29, 1.82) is 0 Å². The van der Waals surface area contributed by atoms with Gasteiger partial charge in [0.1, 0.15) is 6.29 Å². The molecule has 0 radical (unpaired) electrons. The Hall–Kier alpha value is -4.63. The van der Waals surface area contributed by atoms with Crippen molar-refractivity contribution in [1.82, 2.24) is 9.78 Å². The zero-order valence-corrected chi connectivity index (χ0v) is 23.5. The molecule has 0 saturated carbocycles. The van der Waals surface area contributed by atoms with E-state index < -0.39 is 48.3 Å². The number of aromatic nitrogens is 3. The first-order valence-corrected chi connectivity index (χ1v) is 13.1. The third-order valence-corrected chi connectivity index (χ3v) is 5.88. The number of carboxylic acid groups (broad SMARTS) is 1. The first-order valence-electron chi connectivity index (χ1n) is 13.1. The van der Waals surface area contributed by atoms with E-state index in [0.717, 1.165) is 24.7 Å². The van der Waals surface area contributed by atoms with Crippen molar-refractivity contribution < 1.29 is 58.9 Å². The van der Waals surface area contributed by atoms with Crippen LogP contribution in [0.15, 0.2) is 67.0 Å². The highest BCUT2D eigenvalue weighted by Gasteiger charge is 2.33. The summed E-state index contributed by atoms with van der Waals surface area (Å²) in [6, 6.07) is 19.6. The molecule has 45 heavy (non-hydrogen) atoms. The van der Waals surface area contributed by atoms with Gasteiger partial charge in [-0.15, -0.1) is 0 Å². The van der Waals surface area contributed by atoms with E-state index in [4.69, 9.17) is 5.11 Å². The summed E-state index contributed by atoms with van der Waals surface area (Å²) in [6.07, 6.45) is 5.94. The predicted molar refractivity (Wildman–Crippen MR) is 144 cm³/mol. The Labute approximate surface area is 252 Å². The molecule has 1 aromatic heterocycles. The third-order valence-electron chi connectivity index (χ3n) is 5.88. The predicted octanol–water partition coefficient (Wildman–Crippen LogP) is 3.21. The number of hydrogen-bond acceptors (Lipinski definition) is 3. The minimum absolute atomic E-state index is 0. The maximum Gasteiger partial charge on any atom is 0.762 e. The van der Waals surface area contributed by atoms with Gasteiger partial charge in [-0.1, -0.05) is 65.3 Å². The lowest BCUT2D eigenvalue weighted by atomic mass is 10.1. The van der Waals surface area contributed by atoms with Crippen LogP contribution in [0.5, 0.6) is 0 Å². The van der Waals surface area contributed by atoms with Crippen LogP contribution in [0.4, 0.5) is 34.9 Å². The second kappa shape index (κ2) is 19.6. The van der Waals surface area contributed by atoms with Crippen molar-refractivity contribution in [3.8, 4) is 5.69 Å². The van der Waals surface area contributed by atoms with E-state index in [-0.39, 0.29) is 11.1 Å². The highest BCUT2D eigenvalue weighted by atomic mass is 19.4. The second-order valence-electron chi connectivity index (χ2n) is 9.01. The average Bonchev–Trinajstić information content (AvgIpc) is 3.61. The highest BCUT2D eigenvalue weighted by Crippen LogP contribution is 2.25. The number of aryl methyl sites for hydroxylation is 4. The smallest absolute Gasteiger partial charge is 0.762 e. The van der Waals surface area contributed by atoms with Crippen molar-refractivity contribution in [3.05, 3.63) is 113 Å². The quantitative estimate of drug-likeness (QED) is 0.0836. The van der Waals surface area contributed by atoms with E-state index in [1.54, 1.807) is 4.57 Å². The molecule has 0 unspecified atom stereocenters. The lowest BCUT2D eigenvalue weighted by molar-refractivity contribution is -0.691. The molecule has 1 aliphatic heterocycles. The standard InChI is InChI=1S/C11H7F5N3.C9H10O2.C9H10O.BF3.FH/c12-6-7(13)9(15)11(10(16)8(6)14)19-4-18-3-1-2-5(18)17-19;10-9(11)7-6-8-4-2-1-3-5-8;10-8-4-7-9-5-2-1-3-6-9;2-1(3)4;/h4H,1-3H2;1-5H,6-7H2,(H,10,11);1-3,5-6,8H,4,7H2;;1H/q+1;;;;/p-1. The minimum atomic E-state index is -3.67. The van der Waals surface area contributed by atoms with Gasteiger partial charge in [-0.25, -0.2) is 17.7 Å². The van der Waals surface area contributed by atoms with Gasteiger partial charge in [0.25, 0.3) is 5.82 Å². The second-order valence-corrected chi connectivity index (χ2v) is 9.01. The summed E-state index contributed by atoms with van der Waals surface area (Å²) >= 11 is 0. The van der Waals surface area contributed by atoms with Crippen LogP contribution < -0.4 is 9.27 Å². The molecule has 0 spiro atoms. The van der Waals surface area contributed by atoms with Crippen molar-refractivity contribution in [2.75, 3.05) is 0 Å². The molecule has 6 nitrogen and oxygen atoms in total. The van der Waals surface area contributed by atoms with E-state index in [0.29, 0.717) is 36.3 Å². The molecule has 5 rings (SSSR count). The minimum Gasteiger partial charge on any atom is -1.00 e. The zero-order chi connectivity index (χ0) is 32.6. The number of aldehydes is 1. The summed E-state index contributed by atoms with van der Waals surface area (Å²) in [5.74, 6) is -10.1. The van der Waals surface area contributed by atoms with Gasteiger partial charge in [0.2, 0.25) is 41.1 Å². The molecular formula is C29H27BF9N3O3. The third kappa shape index (κ3) is 12.5. The number of carbonyl (C=O) groups excluding carboxylic acids is 1. The molecule has 4 aromatic rings. The number of aliphatic carboxylic acids is 1. The number of nitrogens with zero attached hydrogens (tertiary/aromatic N) is 3. The van der Waals surface area contributed by atoms with Crippen LogP contribution in [0.2, 0.25) is 0 Å². The Bertz CT molecular complexity index is 1440. The van der Waals surface area contributed by atoms with Crippen molar-refractivity contribution >= 4 is 19.8 Å². The van der Waals surface area contributed by atoms with Crippen LogP contribution in [0.25, 0.3) is 5.69 Å². The Morgan fingerprint density at radius 2 is 1.31 bits per heavy atom. The molecule has 0 bridgehead atoms. The molecule has 0 fully saturated rings. The van der Waals surface area contributed by atoms with Gasteiger partial charge in [-0.3, -0.25) is 17.7 Å². The molecular weight excluding hydrogens is 620 g/mol. The number of hydrogen-bond donors (Lipinski definition) is 1. The molecule has 0 atom stereocenters. The number of benzene rings is 3. The average molecular weight is 647 g/mol. The number of halogens is 9. The van der Waals surface area contributed by atoms with Gasteiger partial charge < -0.3 is 14.6 Å². The van der Waals surface area contributed by atoms with Gasteiger partial charge in [0, 0.05) is 24.4 Å². The summed E-state index contributed by atoms with van der Waals surface area (Å²) in [6.45, 7) is 0.602. The summed E-state index contributed by atoms with van der Waals surface area (Å²) in [4.78, 5) is 20.2. The normalized spacial score (nSPS) is 10.8. The molecule has 1 N–H and O–H groups in total. The van der Waals surface area contributed by atoms with Gasteiger partial charge >= 0.3 is 13.5 Å². The SMILES string of the molecule is FB(F)F.Fc1c(F)c(F)c(-n2c[n+]3c(n2)CCC3)c(F)c1F.O=C(O)CCc1ccccc1.O=CCCc1ccccc1.[F-]. The first kappa shape index (κ1) is 38.4. The fourth-order valence-corrected chi connectivity index (χ4v) is 3.86. The van der Waals surface area contributed by atoms with Crippen molar-refractivity contribution in [2.24, 2.45) is 0 Å². The van der Waals surface area contributed by atoms with Crippen molar-refractivity contribution in [3.63, 3.8) is 0 Å². The van der Waals surface area contributed by atoms with E-state index in [2.05, 4.69) is 5.10 Å². The molecule has 0 amide bonds. The summed E-state index contributed by atoms with van der Waals surface area (Å²) in [5.41, 5.74) is 1.25. The number of fused-ring (bicyclic) bond motifs is 1. The van der Waals surface area contributed by atoms with Gasteiger partial charge in [-0.2, -0.15) is 8.78 Å². The van der Waals surface area contributed by atoms with Gasteiger partial charge in [-0.05, 0) is 30.4 Å². The summed E-state index contributed by atoms with van der Waals surface area (Å²) in [5, 5.41) is 12.2. The van der Waals surface area contributed by atoms with Crippen LogP contribution in [0, 0.1) is 29.1 Å². The lowest BCUT2D eigenvalue weighted by Crippen LogP contribution is -3.00. The Morgan fingerprint density at radius 3 is 1.76 bits per heavy atom. The van der Waals surface area contributed by atoms with Crippen LogP contribution in [0.3, 0.4) is 0 Å². The lowest BCUT2D eigenvalue weighted by Gasteiger charge is -2.03. The largest absolute Gasteiger partial charge is 1.00 e. The fourth-order valence-electron chi connectivity index (χ4n) is 3.86. The first-order chi connectivity index (χ1) is 21.0. The van der Waals surface area contributed by atoms with E-state index in [9.17, 15) is 44.5 Å². The molecule has 3 aromatic carbocycles. The molecule has 2 heterocycles. The number of rotatable bonds is 7. The van der Waals surface area contributed by atoms with E-state index in [1.165, 1.54) is 11.9 Å². The topological polar surface area (TPSA) is 76.1 Å². The highest BCUT2D eigenvalue weighted by molar-refractivity contribution is 6.33. The fraction of sp³-hybridized carbons (Fsp3) is 0.241. The molecule has 1 aliphatic rings. The Balaban J connectivity index is 0.000000335. The molecule has 242 valence electrons. The van der Waals surface area contributed by atoms with E-state index in [1.807, 2.05) is 60.7 Å². The van der Waals surface area contributed by atoms with Crippen molar-refractivity contribution in [2.45, 2.75) is 45.1 Å². The summed E-state index contributed by atoms with van der Waals surface area (Å²) in [7, 11) is -3.67. The molecule has 0 aliphatic carbocycles. The molecule has 0 saturated heterocycles. The number of carbonyl (C=O) groups is 2. The maximum absolute atomic E-state index is 13.6. The van der Waals surface area contributed by atoms with Gasteiger partial charge in [0.15, 0.2) is 0 Å². The summed E-state index contributed by atoms with van der Waals surface area (Å²) < 4.78 is 97.5. The van der Waals surface area contributed by atoms with Gasteiger partial charge in [0.05, 0.1) is 6.54 Å². The van der Waals surface area contributed by atoms with Crippen LogP contribution in [-0.4, -0.2) is 34.7 Å². The Kier molecular flexibility index (Phi) is 16.7. The number of carboxylic acids is 1.